The largest absolute Gasteiger partial charge is 0.490 e. The smallest absolute Gasteiger partial charge is 0.229 e. The van der Waals surface area contributed by atoms with Gasteiger partial charge < -0.3 is 9.15 Å². The van der Waals surface area contributed by atoms with E-state index in [1.165, 1.54) is 19.6 Å². The third-order valence-electron chi connectivity index (χ3n) is 1.22. The Morgan fingerprint density at radius 3 is 2.70 bits per heavy atom. The summed E-state index contributed by atoms with van der Waals surface area (Å²) in [5, 5.41) is 0. The van der Waals surface area contributed by atoms with E-state index in [2.05, 4.69) is 0 Å². The van der Waals surface area contributed by atoms with Crippen molar-refractivity contribution in [3.8, 4) is 5.75 Å². The Balaban J connectivity index is 3.28. The maximum Gasteiger partial charge on any atom is 0.229 e. The number of hydrogen-bond donors (Lipinski definition) is 0. The van der Waals surface area contributed by atoms with Gasteiger partial charge in [-0.2, -0.15) is 0 Å². The monoisotopic (exact) mass is 140 g/mol. The number of aryl methyl sites for hydroxylation is 1. The number of methoxy groups -OCH3 is 1. The van der Waals surface area contributed by atoms with Crippen molar-refractivity contribution in [3.05, 3.63) is 28.3 Å². The van der Waals surface area contributed by atoms with Crippen LogP contribution in [0, 0.1) is 6.92 Å². The van der Waals surface area contributed by atoms with Crippen LogP contribution in [0.15, 0.2) is 21.7 Å². The molecule has 0 atom stereocenters. The molecule has 0 saturated carbocycles. The molecular weight excluding hydrogens is 132 g/mol. The molecule has 0 radical (unpaired) electrons. The van der Waals surface area contributed by atoms with E-state index >= 15 is 0 Å². The van der Waals surface area contributed by atoms with E-state index in [4.69, 9.17) is 9.15 Å². The van der Waals surface area contributed by atoms with Crippen molar-refractivity contribution in [2.45, 2.75) is 6.92 Å². The first-order valence-electron chi connectivity index (χ1n) is 2.87. The minimum absolute atomic E-state index is 0.117. The highest BCUT2D eigenvalue weighted by Crippen LogP contribution is 2.02. The first-order valence-corrected chi connectivity index (χ1v) is 2.87. The Morgan fingerprint density at radius 1 is 1.50 bits per heavy atom. The van der Waals surface area contributed by atoms with E-state index < -0.39 is 0 Å². The molecule has 3 nitrogen and oxygen atoms in total. The van der Waals surface area contributed by atoms with Crippen molar-refractivity contribution in [3.63, 3.8) is 0 Å². The summed E-state index contributed by atoms with van der Waals surface area (Å²) < 4.78 is 9.51. The fraction of sp³-hybridized carbons (Fsp3) is 0.286. The second-order valence-corrected chi connectivity index (χ2v) is 1.95. The summed E-state index contributed by atoms with van der Waals surface area (Å²) in [6.07, 6.45) is 2.68. The SMILES string of the molecule is COc1cocc(C)c1=O. The quantitative estimate of drug-likeness (QED) is 0.583. The molecule has 10 heavy (non-hydrogen) atoms. The first kappa shape index (κ1) is 6.86. The lowest BCUT2D eigenvalue weighted by molar-refractivity contribution is 0.385. The Morgan fingerprint density at radius 2 is 2.20 bits per heavy atom. The molecule has 0 aromatic carbocycles. The predicted molar refractivity (Wildman–Crippen MR) is 36.3 cm³/mol. The molecule has 0 spiro atoms. The minimum atomic E-state index is -0.117. The van der Waals surface area contributed by atoms with Gasteiger partial charge in [-0.25, -0.2) is 0 Å². The molecule has 0 aliphatic carbocycles. The lowest BCUT2D eigenvalue weighted by atomic mass is 10.3. The van der Waals surface area contributed by atoms with Crippen LogP contribution in [0.25, 0.3) is 0 Å². The van der Waals surface area contributed by atoms with Gasteiger partial charge in [-0.05, 0) is 6.92 Å². The number of hydrogen-bond acceptors (Lipinski definition) is 3. The molecular formula is C7H8O3. The highest BCUT2D eigenvalue weighted by Gasteiger charge is 2.00. The lowest BCUT2D eigenvalue weighted by Gasteiger charge is -1.95. The van der Waals surface area contributed by atoms with Crippen molar-refractivity contribution < 1.29 is 9.15 Å². The highest BCUT2D eigenvalue weighted by molar-refractivity contribution is 5.20. The molecule has 1 aromatic heterocycles. The van der Waals surface area contributed by atoms with Gasteiger partial charge in [-0.3, -0.25) is 4.79 Å². The van der Waals surface area contributed by atoms with E-state index in [1.807, 2.05) is 0 Å². The summed E-state index contributed by atoms with van der Waals surface area (Å²) in [5.41, 5.74) is 0.438. The average Bonchev–Trinajstić information content (AvgIpc) is 1.95. The second-order valence-electron chi connectivity index (χ2n) is 1.95. The molecule has 3 heteroatoms. The van der Waals surface area contributed by atoms with E-state index in [0.29, 0.717) is 5.56 Å². The third kappa shape index (κ3) is 1.03. The standard InChI is InChI=1S/C7H8O3/c1-5-3-10-4-6(9-2)7(5)8/h3-4H,1-2H3. The van der Waals surface area contributed by atoms with E-state index in [-0.39, 0.29) is 11.2 Å². The van der Waals surface area contributed by atoms with E-state index in [1.54, 1.807) is 6.92 Å². The van der Waals surface area contributed by atoms with Gasteiger partial charge in [0, 0.05) is 5.56 Å². The van der Waals surface area contributed by atoms with Gasteiger partial charge in [-0.15, -0.1) is 0 Å². The molecule has 54 valence electrons. The van der Waals surface area contributed by atoms with Gasteiger partial charge in [0.05, 0.1) is 13.4 Å². The van der Waals surface area contributed by atoms with Gasteiger partial charge in [0.1, 0.15) is 6.26 Å². The number of rotatable bonds is 1. The predicted octanol–water partition coefficient (Wildman–Crippen LogP) is 0.957. The zero-order valence-electron chi connectivity index (χ0n) is 5.88. The van der Waals surface area contributed by atoms with Gasteiger partial charge in [0.2, 0.25) is 11.2 Å². The number of ether oxygens (including phenoxy) is 1. The van der Waals surface area contributed by atoms with Gasteiger partial charge in [0.25, 0.3) is 0 Å². The summed E-state index contributed by atoms with van der Waals surface area (Å²) >= 11 is 0. The molecule has 0 saturated heterocycles. The average molecular weight is 140 g/mol. The van der Waals surface area contributed by atoms with Crippen LogP contribution in [-0.2, 0) is 0 Å². The second kappa shape index (κ2) is 2.56. The molecule has 1 rings (SSSR count). The molecule has 1 aromatic rings. The molecule has 0 aliphatic rings. The fourth-order valence-electron chi connectivity index (χ4n) is 0.640. The van der Waals surface area contributed by atoms with E-state index in [9.17, 15) is 4.79 Å². The maximum absolute atomic E-state index is 11.0. The van der Waals surface area contributed by atoms with Crippen LogP contribution in [0.2, 0.25) is 0 Å². The normalized spacial score (nSPS) is 9.40. The van der Waals surface area contributed by atoms with Crippen LogP contribution < -0.4 is 10.2 Å². The topological polar surface area (TPSA) is 39.4 Å². The fourth-order valence-corrected chi connectivity index (χ4v) is 0.640. The summed E-state index contributed by atoms with van der Waals surface area (Å²) in [6.45, 7) is 1.67. The summed E-state index contributed by atoms with van der Waals surface area (Å²) in [7, 11) is 1.44. The van der Waals surface area contributed by atoms with Crippen LogP contribution in [0.1, 0.15) is 5.56 Å². The Labute approximate surface area is 58.2 Å². The molecule has 1 heterocycles. The van der Waals surface area contributed by atoms with Crippen molar-refractivity contribution in [1.29, 1.82) is 0 Å². The molecule has 0 bridgehead atoms. The van der Waals surface area contributed by atoms with Gasteiger partial charge in [-0.1, -0.05) is 0 Å². The van der Waals surface area contributed by atoms with Crippen molar-refractivity contribution in [1.82, 2.24) is 0 Å². The summed E-state index contributed by atoms with van der Waals surface area (Å²) in [5.74, 6) is 0.250. The van der Waals surface area contributed by atoms with Crippen LogP contribution >= 0.6 is 0 Å². The van der Waals surface area contributed by atoms with Gasteiger partial charge in [0.15, 0.2) is 0 Å². The van der Waals surface area contributed by atoms with Crippen LogP contribution in [-0.4, -0.2) is 7.11 Å². The van der Waals surface area contributed by atoms with Crippen molar-refractivity contribution in [2.24, 2.45) is 0 Å². The third-order valence-corrected chi connectivity index (χ3v) is 1.22. The summed E-state index contributed by atoms with van der Waals surface area (Å²) in [6, 6.07) is 0. The molecule has 0 unspecified atom stereocenters. The van der Waals surface area contributed by atoms with Crippen molar-refractivity contribution >= 4 is 0 Å². The lowest BCUT2D eigenvalue weighted by Crippen LogP contribution is -2.06. The van der Waals surface area contributed by atoms with Crippen LogP contribution in [0.3, 0.4) is 0 Å². The zero-order valence-corrected chi connectivity index (χ0v) is 5.88. The molecule has 0 N–H and O–H groups in total. The molecule has 0 amide bonds. The molecule has 0 aliphatic heterocycles. The van der Waals surface area contributed by atoms with Gasteiger partial charge >= 0.3 is 0 Å². The highest BCUT2D eigenvalue weighted by atomic mass is 16.5. The zero-order chi connectivity index (χ0) is 7.56. The van der Waals surface area contributed by atoms with E-state index in [0.717, 1.165) is 0 Å². The Bertz CT molecular complexity index is 274. The van der Waals surface area contributed by atoms with Crippen LogP contribution in [0.5, 0.6) is 5.75 Å². The summed E-state index contributed by atoms with van der Waals surface area (Å²) in [4.78, 5) is 11.0. The van der Waals surface area contributed by atoms with Crippen LogP contribution in [0.4, 0.5) is 0 Å². The first-order chi connectivity index (χ1) is 4.75. The van der Waals surface area contributed by atoms with Crippen molar-refractivity contribution in [2.75, 3.05) is 7.11 Å². The Hall–Kier alpha value is -1.25. The Kier molecular flexibility index (Phi) is 1.76. The maximum atomic E-state index is 11.0. The minimum Gasteiger partial charge on any atom is -0.490 e. The molecule has 0 fully saturated rings.